The highest BCUT2D eigenvalue weighted by Gasteiger charge is 2.17. The van der Waals surface area contributed by atoms with Gasteiger partial charge in [0, 0.05) is 18.6 Å². The lowest BCUT2D eigenvalue weighted by molar-refractivity contribution is -0.184. The minimum atomic E-state index is -0.103. The van der Waals surface area contributed by atoms with Crippen molar-refractivity contribution < 1.29 is 9.57 Å². The number of aryl methyl sites for hydroxylation is 1. The third-order valence-corrected chi connectivity index (χ3v) is 3.51. The Morgan fingerprint density at radius 1 is 1.22 bits per heavy atom. The summed E-state index contributed by atoms with van der Waals surface area (Å²) in [6.07, 6.45) is 7.57. The highest BCUT2D eigenvalue weighted by molar-refractivity contribution is 5.67. The summed E-state index contributed by atoms with van der Waals surface area (Å²) in [6, 6.07) is 8.48. The molecule has 0 bridgehead atoms. The van der Waals surface area contributed by atoms with E-state index in [2.05, 4.69) is 35.8 Å². The Morgan fingerprint density at radius 2 is 2.17 bits per heavy atom. The van der Waals surface area contributed by atoms with Crippen LogP contribution >= 0.6 is 0 Å². The molecule has 1 heterocycles. The lowest BCUT2D eigenvalue weighted by Crippen LogP contribution is -2.29. The smallest absolute Gasteiger partial charge is 0.183 e. The van der Waals surface area contributed by atoms with E-state index < -0.39 is 0 Å². The fraction of sp³-hybridized carbons (Fsp3) is 0.467. The highest BCUT2D eigenvalue weighted by atomic mass is 16.8. The van der Waals surface area contributed by atoms with Crippen LogP contribution in [-0.4, -0.2) is 12.9 Å². The zero-order chi connectivity index (χ0) is 12.2. The summed E-state index contributed by atoms with van der Waals surface area (Å²) in [5.41, 5.74) is 6.79. The number of nitrogens with one attached hydrogen (secondary N) is 1. The van der Waals surface area contributed by atoms with E-state index in [1.165, 1.54) is 17.5 Å². The molecule has 1 fully saturated rings. The van der Waals surface area contributed by atoms with Gasteiger partial charge in [-0.05, 0) is 31.2 Å². The average molecular weight is 245 g/mol. The number of hydrogen-bond donors (Lipinski definition) is 1. The number of allylic oxidation sites excluding steroid dienone is 1. The molecule has 0 saturated carbocycles. The SMILES string of the molecule is C1=C(NOC2CCCCO2)c2ccccc2CC1. The van der Waals surface area contributed by atoms with Gasteiger partial charge in [0.25, 0.3) is 0 Å². The Labute approximate surface area is 108 Å². The van der Waals surface area contributed by atoms with Gasteiger partial charge in [-0.2, -0.15) is 0 Å². The van der Waals surface area contributed by atoms with Crippen molar-refractivity contribution in [2.24, 2.45) is 0 Å². The second-order valence-corrected chi connectivity index (χ2v) is 4.83. The molecule has 3 heteroatoms. The van der Waals surface area contributed by atoms with Crippen LogP contribution in [-0.2, 0) is 16.0 Å². The molecule has 96 valence electrons. The van der Waals surface area contributed by atoms with Crippen LogP contribution in [0.15, 0.2) is 30.3 Å². The third kappa shape index (κ3) is 2.57. The number of ether oxygens (including phenoxy) is 1. The number of rotatable bonds is 3. The highest BCUT2D eigenvalue weighted by Crippen LogP contribution is 2.24. The maximum absolute atomic E-state index is 5.64. The van der Waals surface area contributed by atoms with Gasteiger partial charge in [-0.25, -0.2) is 4.84 Å². The molecule has 1 aliphatic carbocycles. The van der Waals surface area contributed by atoms with Crippen molar-refractivity contribution in [2.75, 3.05) is 6.61 Å². The molecule has 2 aliphatic rings. The second kappa shape index (κ2) is 5.55. The summed E-state index contributed by atoms with van der Waals surface area (Å²) in [5.74, 6) is 0. The molecule has 0 amide bonds. The summed E-state index contributed by atoms with van der Waals surface area (Å²) in [4.78, 5) is 5.64. The largest absolute Gasteiger partial charge is 0.350 e. The van der Waals surface area contributed by atoms with Crippen LogP contribution in [0.3, 0.4) is 0 Å². The first-order chi connectivity index (χ1) is 8.93. The van der Waals surface area contributed by atoms with Gasteiger partial charge in [0.2, 0.25) is 0 Å². The van der Waals surface area contributed by atoms with Crippen LogP contribution in [0.5, 0.6) is 0 Å². The fourth-order valence-corrected chi connectivity index (χ4v) is 2.51. The molecule has 1 aromatic rings. The second-order valence-electron chi connectivity index (χ2n) is 4.83. The van der Waals surface area contributed by atoms with Crippen molar-refractivity contribution in [1.29, 1.82) is 0 Å². The summed E-state index contributed by atoms with van der Waals surface area (Å²) < 4.78 is 5.55. The Morgan fingerprint density at radius 3 is 3.06 bits per heavy atom. The van der Waals surface area contributed by atoms with Crippen LogP contribution < -0.4 is 5.48 Å². The predicted molar refractivity (Wildman–Crippen MR) is 70.6 cm³/mol. The Bertz CT molecular complexity index is 436. The molecule has 1 aliphatic heterocycles. The van der Waals surface area contributed by atoms with E-state index in [0.29, 0.717) is 0 Å². The fourth-order valence-electron chi connectivity index (χ4n) is 2.51. The topological polar surface area (TPSA) is 30.5 Å². The maximum Gasteiger partial charge on any atom is 0.183 e. The van der Waals surface area contributed by atoms with Gasteiger partial charge in [0.05, 0.1) is 5.70 Å². The van der Waals surface area contributed by atoms with Crippen molar-refractivity contribution in [3.63, 3.8) is 0 Å². The quantitative estimate of drug-likeness (QED) is 0.830. The third-order valence-electron chi connectivity index (χ3n) is 3.51. The number of hydrogen-bond acceptors (Lipinski definition) is 3. The molecule has 3 nitrogen and oxygen atoms in total. The van der Waals surface area contributed by atoms with Crippen LogP contribution in [0.4, 0.5) is 0 Å². The van der Waals surface area contributed by atoms with Crippen LogP contribution in [0.2, 0.25) is 0 Å². The molecule has 0 spiro atoms. The van der Waals surface area contributed by atoms with Gasteiger partial charge in [-0.3, -0.25) is 5.48 Å². The number of benzene rings is 1. The molecule has 1 atom stereocenters. The van der Waals surface area contributed by atoms with Crippen molar-refractivity contribution in [3.05, 3.63) is 41.5 Å². The molecule has 18 heavy (non-hydrogen) atoms. The van der Waals surface area contributed by atoms with Gasteiger partial charge in [-0.1, -0.05) is 30.3 Å². The molecule has 1 aromatic carbocycles. The Balaban J connectivity index is 1.64. The first-order valence-corrected chi connectivity index (χ1v) is 6.75. The molecular weight excluding hydrogens is 226 g/mol. The Hall–Kier alpha value is -1.32. The summed E-state index contributed by atoms with van der Waals surface area (Å²) in [7, 11) is 0. The molecule has 0 radical (unpaired) electrons. The zero-order valence-electron chi connectivity index (χ0n) is 10.5. The van der Waals surface area contributed by atoms with E-state index >= 15 is 0 Å². The molecule has 1 N–H and O–H groups in total. The van der Waals surface area contributed by atoms with Gasteiger partial charge in [-0.15, -0.1) is 0 Å². The van der Waals surface area contributed by atoms with Crippen LogP contribution in [0.25, 0.3) is 5.70 Å². The molecule has 0 aromatic heterocycles. The van der Waals surface area contributed by atoms with E-state index in [0.717, 1.165) is 38.0 Å². The summed E-state index contributed by atoms with van der Waals surface area (Å²) >= 11 is 0. The number of hydroxylamine groups is 1. The van der Waals surface area contributed by atoms with E-state index in [9.17, 15) is 0 Å². The average Bonchev–Trinajstić information content (AvgIpc) is 2.46. The van der Waals surface area contributed by atoms with Crippen LogP contribution in [0.1, 0.15) is 36.8 Å². The summed E-state index contributed by atoms with van der Waals surface area (Å²) in [6.45, 7) is 0.808. The predicted octanol–water partition coefficient (Wildman–Crippen LogP) is 3.02. The molecule has 3 rings (SSSR count). The van der Waals surface area contributed by atoms with Crippen molar-refractivity contribution in [1.82, 2.24) is 5.48 Å². The molecular formula is C15H19NO2. The van der Waals surface area contributed by atoms with Gasteiger partial charge in [0.15, 0.2) is 6.29 Å². The van der Waals surface area contributed by atoms with E-state index in [1.807, 2.05) is 0 Å². The van der Waals surface area contributed by atoms with Crippen LogP contribution in [0, 0.1) is 0 Å². The van der Waals surface area contributed by atoms with Gasteiger partial charge in [0.1, 0.15) is 0 Å². The first-order valence-electron chi connectivity index (χ1n) is 6.75. The molecule has 1 unspecified atom stereocenters. The maximum atomic E-state index is 5.64. The normalized spacial score (nSPS) is 23.1. The Kier molecular flexibility index (Phi) is 3.62. The summed E-state index contributed by atoms with van der Waals surface area (Å²) in [5, 5.41) is 0. The van der Waals surface area contributed by atoms with Gasteiger partial charge < -0.3 is 4.74 Å². The van der Waals surface area contributed by atoms with E-state index in [4.69, 9.17) is 9.57 Å². The van der Waals surface area contributed by atoms with Crippen molar-refractivity contribution in [3.8, 4) is 0 Å². The standard InChI is InChI=1S/C15H19NO2/c1-2-8-13-12(6-1)7-5-9-14(13)16-18-15-10-3-4-11-17-15/h1-2,6,8-9,15-16H,3-5,7,10-11H2. The zero-order valence-corrected chi connectivity index (χ0v) is 10.5. The lowest BCUT2D eigenvalue weighted by atomic mass is 9.95. The monoisotopic (exact) mass is 245 g/mol. The molecule has 1 saturated heterocycles. The van der Waals surface area contributed by atoms with E-state index in [1.54, 1.807) is 0 Å². The first kappa shape index (κ1) is 11.8. The minimum absolute atomic E-state index is 0.103. The van der Waals surface area contributed by atoms with Crippen molar-refractivity contribution >= 4 is 5.70 Å². The van der Waals surface area contributed by atoms with Crippen molar-refractivity contribution in [2.45, 2.75) is 38.4 Å². The lowest BCUT2D eigenvalue weighted by Gasteiger charge is -2.25. The number of fused-ring (bicyclic) bond motifs is 1. The minimum Gasteiger partial charge on any atom is -0.350 e. The van der Waals surface area contributed by atoms with E-state index in [-0.39, 0.29) is 6.29 Å². The van der Waals surface area contributed by atoms with Gasteiger partial charge >= 0.3 is 0 Å².